The predicted molar refractivity (Wildman–Crippen MR) is 75.9 cm³/mol. The Kier molecular flexibility index (Phi) is 4.79. The molecule has 0 aliphatic carbocycles. The number of ether oxygens (including phenoxy) is 1. The number of nitrogens with zero attached hydrogens (tertiary/aromatic N) is 1. The summed E-state index contributed by atoms with van der Waals surface area (Å²) in [5, 5.41) is 0. The summed E-state index contributed by atoms with van der Waals surface area (Å²) in [5.41, 5.74) is 4.55. The molecular formula is C16H25NO. The Balaban J connectivity index is 0.000000574. The molecule has 0 N–H and O–H groups in total. The Morgan fingerprint density at radius 2 is 2.00 bits per heavy atom. The third kappa shape index (κ3) is 2.76. The van der Waals surface area contributed by atoms with Crippen LogP contribution in [0.15, 0.2) is 18.2 Å². The van der Waals surface area contributed by atoms with Gasteiger partial charge < -0.3 is 4.74 Å². The van der Waals surface area contributed by atoms with Crippen molar-refractivity contribution in [2.75, 3.05) is 19.8 Å². The second-order valence-corrected chi connectivity index (χ2v) is 4.87. The molecule has 1 aromatic carbocycles. The minimum absolute atomic E-state index is 0.679. The first kappa shape index (κ1) is 13.6. The fraction of sp³-hybridized carbons (Fsp3) is 0.625. The number of hydrogen-bond donors (Lipinski definition) is 0. The summed E-state index contributed by atoms with van der Waals surface area (Å²) in [4.78, 5) is 2.57. The highest BCUT2D eigenvalue weighted by Gasteiger charge is 2.28. The van der Waals surface area contributed by atoms with Gasteiger partial charge in [0, 0.05) is 13.1 Å². The summed E-state index contributed by atoms with van der Waals surface area (Å²) < 4.78 is 5.28. The Labute approximate surface area is 111 Å². The number of benzene rings is 1. The van der Waals surface area contributed by atoms with Crippen molar-refractivity contribution >= 4 is 0 Å². The average molecular weight is 247 g/mol. The van der Waals surface area contributed by atoms with Gasteiger partial charge in [-0.3, -0.25) is 4.90 Å². The van der Waals surface area contributed by atoms with E-state index in [1.165, 1.54) is 24.1 Å². The van der Waals surface area contributed by atoms with E-state index < -0.39 is 0 Å². The standard InChI is InChI=1S/C14H19NO.C2H6/c1-2-11-3-4-12-5-6-15(8-13(12)7-11)14-9-16-10-14;1-2/h3-4,7,14H,2,5-6,8-10H2,1H3;1-2H3. The maximum atomic E-state index is 5.28. The molecule has 2 aliphatic rings. The highest BCUT2D eigenvalue weighted by Crippen LogP contribution is 2.24. The van der Waals surface area contributed by atoms with Gasteiger partial charge in [0.15, 0.2) is 0 Å². The van der Waals surface area contributed by atoms with Crippen molar-refractivity contribution in [3.8, 4) is 0 Å². The molecule has 1 saturated heterocycles. The number of hydrogen-bond acceptors (Lipinski definition) is 2. The van der Waals surface area contributed by atoms with Gasteiger partial charge in [0.1, 0.15) is 0 Å². The van der Waals surface area contributed by atoms with Crippen molar-refractivity contribution in [3.63, 3.8) is 0 Å². The van der Waals surface area contributed by atoms with Crippen molar-refractivity contribution in [1.82, 2.24) is 4.90 Å². The molecule has 2 heterocycles. The first-order valence-corrected chi connectivity index (χ1v) is 7.29. The number of fused-ring (bicyclic) bond motifs is 1. The zero-order valence-corrected chi connectivity index (χ0v) is 11.9. The summed E-state index contributed by atoms with van der Waals surface area (Å²) in [5.74, 6) is 0. The summed E-state index contributed by atoms with van der Waals surface area (Å²) in [6.07, 6.45) is 2.34. The first-order chi connectivity index (χ1) is 8.86. The molecule has 0 saturated carbocycles. The topological polar surface area (TPSA) is 12.5 Å². The van der Waals surface area contributed by atoms with E-state index in [0.29, 0.717) is 6.04 Å². The minimum atomic E-state index is 0.679. The second kappa shape index (κ2) is 6.35. The van der Waals surface area contributed by atoms with Gasteiger partial charge in [-0.15, -0.1) is 0 Å². The fourth-order valence-corrected chi connectivity index (χ4v) is 2.60. The SMILES string of the molecule is CC.CCc1ccc2c(c1)CN(C1COC1)CC2. The Morgan fingerprint density at radius 3 is 2.61 bits per heavy atom. The maximum Gasteiger partial charge on any atom is 0.0645 e. The smallest absolute Gasteiger partial charge is 0.0645 e. The van der Waals surface area contributed by atoms with Crippen LogP contribution in [0.1, 0.15) is 37.5 Å². The molecular weight excluding hydrogens is 222 g/mol. The highest BCUT2D eigenvalue weighted by molar-refractivity contribution is 5.34. The lowest BCUT2D eigenvalue weighted by Crippen LogP contribution is -2.50. The molecule has 0 spiro atoms. The van der Waals surface area contributed by atoms with Gasteiger partial charge in [0.25, 0.3) is 0 Å². The molecule has 3 rings (SSSR count). The van der Waals surface area contributed by atoms with Crippen LogP contribution in [0.3, 0.4) is 0 Å². The van der Waals surface area contributed by atoms with Crippen molar-refractivity contribution in [3.05, 3.63) is 34.9 Å². The highest BCUT2D eigenvalue weighted by atomic mass is 16.5. The molecule has 0 bridgehead atoms. The van der Waals surface area contributed by atoms with Crippen LogP contribution >= 0.6 is 0 Å². The molecule has 0 unspecified atom stereocenters. The Morgan fingerprint density at radius 1 is 1.22 bits per heavy atom. The van der Waals surface area contributed by atoms with Crippen LogP contribution in [0.4, 0.5) is 0 Å². The van der Waals surface area contributed by atoms with E-state index in [1.54, 1.807) is 5.56 Å². The van der Waals surface area contributed by atoms with Crippen molar-refractivity contribution in [2.24, 2.45) is 0 Å². The largest absolute Gasteiger partial charge is 0.378 e. The molecule has 18 heavy (non-hydrogen) atoms. The normalized spacial score (nSPS) is 19.5. The average Bonchev–Trinajstić information content (AvgIpc) is 2.38. The zero-order valence-electron chi connectivity index (χ0n) is 11.9. The van der Waals surface area contributed by atoms with E-state index in [1.807, 2.05) is 13.8 Å². The van der Waals surface area contributed by atoms with Crippen molar-refractivity contribution in [1.29, 1.82) is 0 Å². The van der Waals surface area contributed by atoms with Gasteiger partial charge in [-0.2, -0.15) is 0 Å². The molecule has 1 aromatic rings. The van der Waals surface area contributed by atoms with Gasteiger partial charge in [-0.25, -0.2) is 0 Å². The van der Waals surface area contributed by atoms with Crippen molar-refractivity contribution in [2.45, 2.75) is 46.2 Å². The van der Waals surface area contributed by atoms with E-state index in [2.05, 4.69) is 30.0 Å². The first-order valence-electron chi connectivity index (χ1n) is 7.29. The second-order valence-electron chi connectivity index (χ2n) is 4.87. The minimum Gasteiger partial charge on any atom is -0.378 e. The van der Waals surface area contributed by atoms with Gasteiger partial charge in [0.05, 0.1) is 19.3 Å². The van der Waals surface area contributed by atoms with Crippen LogP contribution in [0.5, 0.6) is 0 Å². The Hall–Kier alpha value is -0.860. The van der Waals surface area contributed by atoms with E-state index in [0.717, 1.165) is 26.2 Å². The van der Waals surface area contributed by atoms with Gasteiger partial charge in [-0.05, 0) is 29.5 Å². The maximum absolute atomic E-state index is 5.28. The quantitative estimate of drug-likeness (QED) is 0.796. The van der Waals surface area contributed by atoms with Crippen LogP contribution in [0, 0.1) is 0 Å². The third-order valence-corrected chi connectivity index (χ3v) is 3.86. The number of rotatable bonds is 2. The summed E-state index contributed by atoms with van der Waals surface area (Å²) in [6.45, 7) is 10.4. The van der Waals surface area contributed by atoms with Gasteiger partial charge in [-0.1, -0.05) is 39.0 Å². The van der Waals surface area contributed by atoms with Crippen LogP contribution in [-0.4, -0.2) is 30.7 Å². The van der Waals surface area contributed by atoms with Crippen LogP contribution in [-0.2, 0) is 24.1 Å². The van der Waals surface area contributed by atoms with Gasteiger partial charge >= 0.3 is 0 Å². The third-order valence-electron chi connectivity index (χ3n) is 3.86. The fourth-order valence-electron chi connectivity index (χ4n) is 2.60. The predicted octanol–water partition coefficient (Wildman–Crippen LogP) is 3.03. The molecule has 2 aliphatic heterocycles. The van der Waals surface area contributed by atoms with Gasteiger partial charge in [0.2, 0.25) is 0 Å². The molecule has 0 aromatic heterocycles. The zero-order chi connectivity index (χ0) is 13.0. The molecule has 100 valence electrons. The lowest BCUT2D eigenvalue weighted by Gasteiger charge is -2.40. The monoisotopic (exact) mass is 247 g/mol. The lowest BCUT2D eigenvalue weighted by molar-refractivity contribution is -0.0695. The van der Waals surface area contributed by atoms with E-state index in [9.17, 15) is 0 Å². The molecule has 0 amide bonds. The van der Waals surface area contributed by atoms with E-state index >= 15 is 0 Å². The molecule has 0 radical (unpaired) electrons. The molecule has 1 fully saturated rings. The van der Waals surface area contributed by atoms with Crippen LogP contribution in [0.25, 0.3) is 0 Å². The molecule has 0 atom stereocenters. The van der Waals surface area contributed by atoms with Crippen LogP contribution < -0.4 is 0 Å². The summed E-state index contributed by atoms with van der Waals surface area (Å²) in [6, 6.07) is 7.67. The molecule has 2 heteroatoms. The lowest BCUT2D eigenvalue weighted by atomic mass is 9.95. The van der Waals surface area contributed by atoms with E-state index in [4.69, 9.17) is 4.74 Å². The van der Waals surface area contributed by atoms with E-state index in [-0.39, 0.29) is 0 Å². The Bertz CT molecular complexity index is 385. The van der Waals surface area contributed by atoms with Crippen molar-refractivity contribution < 1.29 is 4.74 Å². The summed E-state index contributed by atoms with van der Waals surface area (Å²) in [7, 11) is 0. The number of aryl methyl sites for hydroxylation is 1. The summed E-state index contributed by atoms with van der Waals surface area (Å²) >= 11 is 0. The van der Waals surface area contributed by atoms with Crippen LogP contribution in [0.2, 0.25) is 0 Å². The molecule has 2 nitrogen and oxygen atoms in total.